The van der Waals surface area contributed by atoms with Gasteiger partial charge in [0.15, 0.2) is 5.78 Å². The molecule has 0 aliphatic heterocycles. The highest BCUT2D eigenvalue weighted by molar-refractivity contribution is 7.87. The molecule has 0 amide bonds. The van der Waals surface area contributed by atoms with Crippen LogP contribution in [0.15, 0.2) is 23.9 Å². The molecule has 10 heteroatoms. The number of rotatable bonds is 10. The Labute approximate surface area is 201 Å². The van der Waals surface area contributed by atoms with Crippen molar-refractivity contribution >= 4 is 27.2 Å². The normalized spacial score (nSPS) is 11.7. The molecule has 1 aromatic heterocycles. The predicted molar refractivity (Wildman–Crippen MR) is 132 cm³/mol. The Morgan fingerprint density at radius 3 is 2.24 bits per heavy atom. The van der Waals surface area contributed by atoms with E-state index >= 15 is 0 Å². The first-order chi connectivity index (χ1) is 15.7. The minimum Gasteiger partial charge on any atom is -0.361 e. The molecule has 0 saturated heterocycles. The molecular formula is C24H33N3O6S. The third-order valence-corrected chi connectivity index (χ3v) is 6.81. The maximum atomic E-state index is 13.6. The van der Waals surface area contributed by atoms with Gasteiger partial charge in [0, 0.05) is 18.2 Å². The number of aromatic nitrogens is 2. The van der Waals surface area contributed by atoms with Crippen LogP contribution in [0.2, 0.25) is 0 Å². The Bertz CT molecular complexity index is 1240. The number of carbonyl (C=O) groups is 1. The van der Waals surface area contributed by atoms with E-state index in [2.05, 4.69) is 5.10 Å². The van der Waals surface area contributed by atoms with Gasteiger partial charge in [-0.1, -0.05) is 33.3 Å². The highest BCUT2D eigenvalue weighted by atomic mass is 32.2. The molecule has 0 aliphatic rings. The Balaban J connectivity index is 2.71. The molecule has 2 rings (SSSR count). The second-order valence-corrected chi connectivity index (χ2v) is 11.1. The van der Waals surface area contributed by atoms with Gasteiger partial charge in [0.2, 0.25) is 5.88 Å². The molecule has 1 aromatic carbocycles. The van der Waals surface area contributed by atoms with Crippen LogP contribution in [0.4, 0.5) is 5.69 Å². The molecule has 0 spiro atoms. The molecule has 186 valence electrons. The fraction of sp³-hybridized carbons (Fsp3) is 0.500. The summed E-state index contributed by atoms with van der Waals surface area (Å²) in [6.07, 6.45) is 1.29. The third-order valence-electron chi connectivity index (χ3n) is 5.33. The summed E-state index contributed by atoms with van der Waals surface area (Å²) in [4.78, 5) is 24.8. The van der Waals surface area contributed by atoms with Crippen LogP contribution >= 0.6 is 0 Å². The van der Waals surface area contributed by atoms with E-state index < -0.39 is 20.8 Å². The Hall–Kier alpha value is -3.01. The lowest BCUT2D eigenvalue weighted by atomic mass is 9.90. The molecule has 0 atom stereocenters. The molecule has 0 N–H and O–H groups in total. The van der Waals surface area contributed by atoms with E-state index in [4.69, 9.17) is 4.18 Å². The van der Waals surface area contributed by atoms with Crippen molar-refractivity contribution in [3.63, 3.8) is 0 Å². The second-order valence-electron chi connectivity index (χ2n) is 9.48. The molecule has 9 nitrogen and oxygen atoms in total. The summed E-state index contributed by atoms with van der Waals surface area (Å²) in [5, 5.41) is 15.9. The fourth-order valence-corrected chi connectivity index (χ4v) is 4.92. The topological polar surface area (TPSA) is 121 Å². The fourth-order valence-electron chi connectivity index (χ4n) is 3.62. The lowest BCUT2D eigenvalue weighted by Crippen LogP contribution is -2.21. The number of hydrogen-bond donors (Lipinski definition) is 0. The average molecular weight is 492 g/mol. The molecule has 0 fully saturated rings. The van der Waals surface area contributed by atoms with Gasteiger partial charge >= 0.3 is 10.1 Å². The van der Waals surface area contributed by atoms with Crippen molar-refractivity contribution in [1.82, 2.24) is 9.78 Å². The van der Waals surface area contributed by atoms with E-state index in [0.29, 0.717) is 23.2 Å². The Morgan fingerprint density at radius 2 is 1.74 bits per heavy atom. The summed E-state index contributed by atoms with van der Waals surface area (Å²) in [5.41, 5.74) is 2.50. The van der Waals surface area contributed by atoms with Gasteiger partial charge in [-0.2, -0.15) is 13.5 Å². The molecule has 0 radical (unpaired) electrons. The number of hydrogen-bond acceptors (Lipinski definition) is 7. The van der Waals surface area contributed by atoms with Gasteiger partial charge in [-0.3, -0.25) is 14.9 Å². The van der Waals surface area contributed by atoms with Gasteiger partial charge in [-0.25, -0.2) is 4.68 Å². The lowest BCUT2D eigenvalue weighted by molar-refractivity contribution is -0.385. The van der Waals surface area contributed by atoms with E-state index in [0.717, 1.165) is 5.57 Å². The molecule has 0 saturated carbocycles. The van der Waals surface area contributed by atoms with E-state index in [-0.39, 0.29) is 40.3 Å². The van der Waals surface area contributed by atoms with Gasteiger partial charge in [-0.15, -0.1) is 0 Å². The highest BCUT2D eigenvalue weighted by Gasteiger charge is 2.29. The summed E-state index contributed by atoms with van der Waals surface area (Å²) >= 11 is 0. The van der Waals surface area contributed by atoms with Crippen LogP contribution in [0.1, 0.15) is 75.5 Å². The third kappa shape index (κ3) is 6.11. The van der Waals surface area contributed by atoms with Crippen molar-refractivity contribution in [2.24, 2.45) is 11.8 Å². The molecule has 0 aliphatic carbocycles. The van der Waals surface area contributed by atoms with Crippen molar-refractivity contribution in [1.29, 1.82) is 0 Å². The van der Waals surface area contributed by atoms with Crippen LogP contribution in [-0.4, -0.2) is 34.7 Å². The molecule has 2 aromatic rings. The van der Waals surface area contributed by atoms with Crippen molar-refractivity contribution in [2.75, 3.05) is 5.75 Å². The predicted octanol–water partition coefficient (Wildman–Crippen LogP) is 5.16. The SMILES string of the molecule is CC(C)=C(C)c1c([N+](=O)[O-])ccc(C(=O)c2cnn(CC(C)C)c2OS(=O)(=O)CC(C)C)c1C. The van der Waals surface area contributed by atoms with Gasteiger partial charge in [0.25, 0.3) is 5.69 Å². The van der Waals surface area contributed by atoms with E-state index in [9.17, 15) is 23.3 Å². The number of nitro benzene ring substituents is 1. The second kappa shape index (κ2) is 10.5. The number of carbonyl (C=O) groups excluding carboxylic acids is 1. The molecule has 0 bridgehead atoms. The first-order valence-electron chi connectivity index (χ1n) is 11.1. The van der Waals surface area contributed by atoms with E-state index in [1.165, 1.54) is 23.0 Å². The van der Waals surface area contributed by atoms with Crippen LogP contribution in [0.25, 0.3) is 5.57 Å². The standard InChI is InChI=1S/C24H33N3O6S/c1-14(2)12-26-24(33-34(31,32)13-15(3)4)20(11-25-26)23(28)19-9-10-21(27(29)30)22(18(19)8)17(7)16(5)6/h9-11,14-15H,12-13H2,1-8H3. The number of allylic oxidation sites excluding steroid dienone is 2. The van der Waals surface area contributed by atoms with Crippen molar-refractivity contribution in [3.8, 4) is 5.88 Å². The monoisotopic (exact) mass is 491 g/mol. The zero-order chi connectivity index (χ0) is 26.0. The number of nitrogens with zero attached hydrogens (tertiary/aromatic N) is 3. The summed E-state index contributed by atoms with van der Waals surface area (Å²) in [5.74, 6) is -0.922. The van der Waals surface area contributed by atoms with Gasteiger partial charge < -0.3 is 4.18 Å². The van der Waals surface area contributed by atoms with Gasteiger partial charge in [0.1, 0.15) is 5.56 Å². The quantitative estimate of drug-likeness (QED) is 0.195. The average Bonchev–Trinajstić information content (AvgIpc) is 3.06. The summed E-state index contributed by atoms with van der Waals surface area (Å²) in [6.45, 7) is 14.8. The van der Waals surface area contributed by atoms with E-state index in [1.54, 1.807) is 27.7 Å². The Morgan fingerprint density at radius 1 is 1.12 bits per heavy atom. The van der Waals surface area contributed by atoms with Crippen LogP contribution < -0.4 is 4.18 Å². The maximum Gasteiger partial charge on any atom is 0.310 e. The van der Waals surface area contributed by atoms with Crippen LogP contribution in [0.3, 0.4) is 0 Å². The minimum atomic E-state index is -3.97. The number of ketones is 1. The summed E-state index contributed by atoms with van der Waals surface area (Å²) in [6, 6.07) is 2.69. The Kier molecular flexibility index (Phi) is 8.41. The minimum absolute atomic E-state index is 0.00858. The molecule has 1 heterocycles. The first-order valence-corrected chi connectivity index (χ1v) is 12.7. The smallest absolute Gasteiger partial charge is 0.310 e. The van der Waals surface area contributed by atoms with Crippen molar-refractivity contribution in [2.45, 2.75) is 61.9 Å². The van der Waals surface area contributed by atoms with Crippen LogP contribution in [0.5, 0.6) is 5.88 Å². The molecule has 0 unspecified atom stereocenters. The molecule has 34 heavy (non-hydrogen) atoms. The number of benzene rings is 1. The van der Waals surface area contributed by atoms with Crippen molar-refractivity contribution < 1.29 is 22.3 Å². The number of nitro groups is 1. The highest BCUT2D eigenvalue weighted by Crippen LogP contribution is 2.35. The maximum absolute atomic E-state index is 13.6. The van der Waals surface area contributed by atoms with Crippen molar-refractivity contribution in [3.05, 3.63) is 56.3 Å². The van der Waals surface area contributed by atoms with E-state index in [1.807, 2.05) is 27.7 Å². The summed E-state index contributed by atoms with van der Waals surface area (Å²) in [7, 11) is -3.97. The zero-order valence-electron chi connectivity index (χ0n) is 21.0. The van der Waals surface area contributed by atoms with Gasteiger partial charge in [-0.05, 0) is 56.7 Å². The first kappa shape index (κ1) is 27.2. The lowest BCUT2D eigenvalue weighted by Gasteiger charge is -2.15. The summed E-state index contributed by atoms with van der Waals surface area (Å²) < 4.78 is 32.0. The van der Waals surface area contributed by atoms with Crippen LogP contribution in [-0.2, 0) is 16.7 Å². The zero-order valence-corrected chi connectivity index (χ0v) is 21.8. The van der Waals surface area contributed by atoms with Gasteiger partial charge in [0.05, 0.1) is 22.4 Å². The largest absolute Gasteiger partial charge is 0.361 e. The molecular weight excluding hydrogens is 458 g/mol. The van der Waals surface area contributed by atoms with Crippen LogP contribution in [0, 0.1) is 28.9 Å².